The van der Waals surface area contributed by atoms with Crippen molar-refractivity contribution in [1.82, 2.24) is 9.29 Å². The average molecular weight is 451 g/mol. The van der Waals surface area contributed by atoms with Crippen molar-refractivity contribution in [1.29, 1.82) is 0 Å². The lowest BCUT2D eigenvalue weighted by atomic mass is 9.97. The Morgan fingerprint density at radius 3 is 2.77 bits per heavy atom. The standard InChI is InChI=1S/C20H23F2N5O3S/c1-3-4-12-5-6-13(9-15(12)17-11-31(29)27(2)20(23)26-17)25-18(28)16-8-7-14(10-24-16)30-19(21)22/h5-10,17,19H,3-4,11H2,1-2H3,(H2,23,26)(H,25,28). The van der Waals surface area contributed by atoms with Gasteiger partial charge < -0.3 is 15.8 Å². The molecular formula is C20H23F2N5O3S. The number of rotatable bonds is 7. The number of carbonyl (C=O) groups excluding carboxylic acids is 1. The summed E-state index contributed by atoms with van der Waals surface area (Å²) in [4.78, 5) is 20.9. The zero-order chi connectivity index (χ0) is 22.5. The van der Waals surface area contributed by atoms with Crippen LogP contribution >= 0.6 is 0 Å². The van der Waals surface area contributed by atoms with E-state index in [0.29, 0.717) is 11.4 Å². The molecule has 0 saturated carbocycles. The van der Waals surface area contributed by atoms with Crippen molar-refractivity contribution in [2.45, 2.75) is 32.4 Å². The van der Waals surface area contributed by atoms with Crippen LogP contribution in [0, 0.1) is 0 Å². The monoisotopic (exact) mass is 451 g/mol. The maximum Gasteiger partial charge on any atom is 0.387 e. The first-order chi connectivity index (χ1) is 14.8. The van der Waals surface area contributed by atoms with Crippen molar-refractivity contribution < 1.29 is 22.5 Å². The molecule has 1 amide bonds. The summed E-state index contributed by atoms with van der Waals surface area (Å²) in [6, 6.07) is 7.61. The summed E-state index contributed by atoms with van der Waals surface area (Å²) in [6.45, 7) is -0.913. The van der Waals surface area contributed by atoms with Gasteiger partial charge in [-0.25, -0.2) is 14.2 Å². The van der Waals surface area contributed by atoms with Crippen molar-refractivity contribution in [3.05, 3.63) is 53.3 Å². The van der Waals surface area contributed by atoms with E-state index in [1.165, 1.54) is 16.4 Å². The topological polar surface area (TPSA) is 110 Å². The molecule has 2 aromatic rings. The molecule has 0 fully saturated rings. The predicted octanol–water partition coefficient (Wildman–Crippen LogP) is 2.85. The molecule has 2 heterocycles. The SMILES string of the molecule is CCCc1ccc(NC(=O)c2ccc(OC(F)F)cn2)cc1C1CS(=O)N(C)C(N)=N1. The van der Waals surface area contributed by atoms with Crippen LogP contribution in [0.2, 0.25) is 0 Å². The molecule has 0 bridgehead atoms. The molecule has 1 aliphatic heterocycles. The van der Waals surface area contributed by atoms with E-state index in [9.17, 15) is 17.8 Å². The van der Waals surface area contributed by atoms with Crippen LogP contribution in [0.1, 0.15) is 41.0 Å². The fourth-order valence-electron chi connectivity index (χ4n) is 3.15. The van der Waals surface area contributed by atoms with E-state index in [1.54, 1.807) is 19.2 Å². The summed E-state index contributed by atoms with van der Waals surface area (Å²) < 4.78 is 42.5. The molecule has 1 aromatic carbocycles. The van der Waals surface area contributed by atoms with E-state index in [2.05, 4.69) is 27.0 Å². The van der Waals surface area contributed by atoms with Crippen molar-refractivity contribution in [3.63, 3.8) is 0 Å². The van der Waals surface area contributed by atoms with E-state index in [4.69, 9.17) is 5.73 Å². The fraction of sp³-hybridized carbons (Fsp3) is 0.350. The second-order valence-corrected chi connectivity index (χ2v) is 8.39. The highest BCUT2D eigenvalue weighted by atomic mass is 32.2. The van der Waals surface area contributed by atoms with Crippen LogP contribution in [0.5, 0.6) is 5.75 Å². The summed E-state index contributed by atoms with van der Waals surface area (Å²) in [5, 5.41) is 2.74. The second kappa shape index (κ2) is 9.82. The van der Waals surface area contributed by atoms with Gasteiger partial charge in [0.05, 0.1) is 18.0 Å². The van der Waals surface area contributed by atoms with E-state index >= 15 is 0 Å². The van der Waals surface area contributed by atoms with Crippen LogP contribution in [-0.2, 0) is 17.4 Å². The normalized spacial score (nSPS) is 18.6. The lowest BCUT2D eigenvalue weighted by Crippen LogP contribution is -2.41. The lowest BCUT2D eigenvalue weighted by molar-refractivity contribution is -0.0500. The van der Waals surface area contributed by atoms with Gasteiger partial charge in [0.1, 0.15) is 22.4 Å². The number of alkyl halides is 2. The van der Waals surface area contributed by atoms with Crippen LogP contribution in [0.25, 0.3) is 0 Å². The van der Waals surface area contributed by atoms with Crippen molar-refractivity contribution in [3.8, 4) is 5.75 Å². The van der Waals surface area contributed by atoms with Gasteiger partial charge in [0.2, 0.25) is 5.96 Å². The first-order valence-corrected chi connectivity index (χ1v) is 10.9. The minimum Gasteiger partial charge on any atom is -0.433 e. The van der Waals surface area contributed by atoms with Crippen LogP contribution < -0.4 is 15.8 Å². The summed E-state index contributed by atoms with van der Waals surface area (Å²) in [7, 11) is 0.328. The number of anilines is 1. The molecule has 166 valence electrons. The molecule has 0 aliphatic carbocycles. The third kappa shape index (κ3) is 5.54. The molecular weight excluding hydrogens is 428 g/mol. The number of ether oxygens (including phenoxy) is 1. The Labute approximate surface area is 181 Å². The fourth-order valence-corrected chi connectivity index (χ4v) is 4.15. The quantitative estimate of drug-likeness (QED) is 0.673. The van der Waals surface area contributed by atoms with Gasteiger partial charge >= 0.3 is 6.61 Å². The maximum atomic E-state index is 12.5. The number of guanidine groups is 1. The average Bonchev–Trinajstić information content (AvgIpc) is 2.73. The Balaban J connectivity index is 1.83. The van der Waals surface area contributed by atoms with E-state index in [1.807, 2.05) is 6.07 Å². The maximum absolute atomic E-state index is 12.5. The zero-order valence-electron chi connectivity index (χ0n) is 17.0. The predicted molar refractivity (Wildman–Crippen MR) is 114 cm³/mol. The number of halogens is 2. The second-order valence-electron chi connectivity index (χ2n) is 6.86. The van der Waals surface area contributed by atoms with Gasteiger partial charge in [0.25, 0.3) is 5.91 Å². The number of hydrogen-bond acceptors (Lipinski definition) is 6. The van der Waals surface area contributed by atoms with Gasteiger partial charge in [-0.15, -0.1) is 0 Å². The Hall–Kier alpha value is -3.08. The largest absolute Gasteiger partial charge is 0.433 e. The highest BCUT2D eigenvalue weighted by molar-refractivity contribution is 7.83. The summed E-state index contributed by atoms with van der Waals surface area (Å²) in [5.74, 6) is -0.156. The first-order valence-electron chi connectivity index (χ1n) is 9.59. The molecule has 1 aromatic heterocycles. The molecule has 0 spiro atoms. The number of amides is 1. The number of benzene rings is 1. The third-order valence-corrected chi connectivity index (χ3v) is 6.09. The number of carbonyl (C=O) groups is 1. The van der Waals surface area contributed by atoms with Gasteiger partial charge in [-0.3, -0.25) is 9.10 Å². The van der Waals surface area contributed by atoms with Crippen LogP contribution in [-0.4, -0.2) is 44.8 Å². The third-order valence-electron chi connectivity index (χ3n) is 4.69. The molecule has 0 saturated heterocycles. The number of hydrogen-bond donors (Lipinski definition) is 2. The van der Waals surface area contributed by atoms with Crippen molar-refractivity contribution in [2.24, 2.45) is 10.7 Å². The van der Waals surface area contributed by atoms with Crippen LogP contribution in [0.4, 0.5) is 14.5 Å². The summed E-state index contributed by atoms with van der Waals surface area (Å²) in [6.07, 6.45) is 2.76. The van der Waals surface area contributed by atoms with E-state index in [-0.39, 0.29) is 23.4 Å². The molecule has 2 unspecified atom stereocenters. The molecule has 1 aliphatic rings. The molecule has 31 heavy (non-hydrogen) atoms. The smallest absolute Gasteiger partial charge is 0.387 e. The van der Waals surface area contributed by atoms with Gasteiger partial charge in [0, 0.05) is 12.7 Å². The number of pyridine rings is 1. The van der Waals surface area contributed by atoms with Crippen LogP contribution in [0.15, 0.2) is 41.5 Å². The number of nitrogens with two attached hydrogens (primary N) is 1. The Morgan fingerprint density at radius 2 is 2.16 bits per heavy atom. The van der Waals surface area contributed by atoms with Crippen molar-refractivity contribution >= 4 is 28.5 Å². The van der Waals surface area contributed by atoms with Gasteiger partial charge in [-0.05, 0) is 41.8 Å². The number of aliphatic imine (C=N–C) groups is 1. The van der Waals surface area contributed by atoms with Gasteiger partial charge in [0.15, 0.2) is 0 Å². The number of nitrogens with one attached hydrogen (secondary N) is 1. The number of aryl methyl sites for hydroxylation is 1. The Kier molecular flexibility index (Phi) is 7.16. The Bertz CT molecular complexity index is 1000. The number of aromatic nitrogens is 1. The number of nitrogens with zero attached hydrogens (tertiary/aromatic N) is 3. The Morgan fingerprint density at radius 1 is 1.39 bits per heavy atom. The summed E-state index contributed by atoms with van der Waals surface area (Å²) in [5.41, 5.74) is 8.34. The molecule has 2 atom stereocenters. The molecule has 11 heteroatoms. The van der Waals surface area contributed by atoms with Crippen molar-refractivity contribution in [2.75, 3.05) is 18.1 Å². The van der Waals surface area contributed by atoms with Gasteiger partial charge in [-0.2, -0.15) is 8.78 Å². The highest BCUT2D eigenvalue weighted by Crippen LogP contribution is 2.29. The van der Waals surface area contributed by atoms with E-state index < -0.39 is 23.5 Å². The molecule has 3 rings (SSSR count). The lowest BCUT2D eigenvalue weighted by Gasteiger charge is -2.27. The summed E-state index contributed by atoms with van der Waals surface area (Å²) >= 11 is 0. The minimum absolute atomic E-state index is 0.0449. The highest BCUT2D eigenvalue weighted by Gasteiger charge is 2.26. The van der Waals surface area contributed by atoms with Crippen LogP contribution in [0.3, 0.4) is 0 Å². The first kappa shape index (κ1) is 22.6. The zero-order valence-corrected chi connectivity index (χ0v) is 17.9. The van der Waals surface area contributed by atoms with Gasteiger partial charge in [-0.1, -0.05) is 19.4 Å². The molecule has 0 radical (unpaired) electrons. The molecule has 3 N–H and O–H groups in total. The van der Waals surface area contributed by atoms with E-state index in [0.717, 1.165) is 30.2 Å². The minimum atomic E-state index is -2.97. The molecule has 8 nitrogen and oxygen atoms in total.